The van der Waals surface area contributed by atoms with Crippen molar-refractivity contribution in [3.63, 3.8) is 0 Å². The first kappa shape index (κ1) is 19.6. The monoisotopic (exact) mass is 378 g/mol. The molecule has 0 saturated carbocycles. The van der Waals surface area contributed by atoms with Gasteiger partial charge in [0.1, 0.15) is 5.76 Å². The molecule has 146 valence electrons. The number of nitrogens with one attached hydrogen (secondary N) is 2. The van der Waals surface area contributed by atoms with Gasteiger partial charge < -0.3 is 15.2 Å². The largest absolute Gasteiger partial charge is 0.360 e. The van der Waals surface area contributed by atoms with E-state index in [4.69, 9.17) is 4.52 Å². The van der Waals surface area contributed by atoms with Crippen molar-refractivity contribution in [2.24, 2.45) is 0 Å². The van der Waals surface area contributed by atoms with E-state index in [2.05, 4.69) is 60.6 Å². The van der Waals surface area contributed by atoms with E-state index in [0.29, 0.717) is 34.7 Å². The number of carbonyl (C=O) groups excluding carboxylic acids is 1. The number of anilines is 3. The van der Waals surface area contributed by atoms with Crippen LogP contribution in [0.5, 0.6) is 0 Å². The number of hydrogen-bond acceptors (Lipinski definition) is 5. The Labute approximate surface area is 165 Å². The lowest BCUT2D eigenvalue weighted by Crippen LogP contribution is -2.16. The molecule has 2 heterocycles. The molecule has 2 aromatic heterocycles. The van der Waals surface area contributed by atoms with Crippen LogP contribution in [0.1, 0.15) is 66.8 Å². The summed E-state index contributed by atoms with van der Waals surface area (Å²) in [5.74, 6) is 1.69. The van der Waals surface area contributed by atoms with E-state index in [1.54, 1.807) is 24.5 Å². The fraction of sp³-hybridized carbons (Fsp3) is 0.318. The molecule has 0 aliphatic heterocycles. The molecule has 0 atom stereocenters. The molecule has 1 amide bonds. The van der Waals surface area contributed by atoms with E-state index in [9.17, 15) is 4.79 Å². The first-order chi connectivity index (χ1) is 13.3. The van der Waals surface area contributed by atoms with Crippen LogP contribution in [0, 0.1) is 6.92 Å². The van der Waals surface area contributed by atoms with Crippen molar-refractivity contribution >= 4 is 23.1 Å². The molecule has 0 unspecified atom stereocenters. The predicted molar refractivity (Wildman–Crippen MR) is 111 cm³/mol. The highest BCUT2D eigenvalue weighted by atomic mass is 16.5. The Morgan fingerprint density at radius 3 is 2.29 bits per heavy atom. The number of amides is 1. The zero-order valence-corrected chi connectivity index (χ0v) is 16.9. The maximum atomic E-state index is 13.0. The van der Waals surface area contributed by atoms with Crippen molar-refractivity contribution < 1.29 is 9.32 Å². The smallest absolute Gasteiger partial charge is 0.257 e. The van der Waals surface area contributed by atoms with Gasteiger partial charge in [0.05, 0.1) is 17.4 Å². The van der Waals surface area contributed by atoms with Crippen molar-refractivity contribution in [3.8, 4) is 0 Å². The van der Waals surface area contributed by atoms with Crippen LogP contribution in [0.3, 0.4) is 0 Å². The van der Waals surface area contributed by atoms with E-state index in [0.717, 1.165) is 16.8 Å². The second kappa shape index (κ2) is 8.25. The first-order valence-corrected chi connectivity index (χ1v) is 9.44. The van der Waals surface area contributed by atoms with E-state index in [1.807, 2.05) is 13.0 Å². The quantitative estimate of drug-likeness (QED) is 0.582. The highest BCUT2D eigenvalue weighted by Crippen LogP contribution is 2.32. The molecule has 0 radical (unpaired) electrons. The summed E-state index contributed by atoms with van der Waals surface area (Å²) in [6.07, 6.45) is 3.20. The maximum absolute atomic E-state index is 13.0. The number of para-hydroxylation sites is 1. The lowest BCUT2D eigenvalue weighted by molar-refractivity contribution is 0.102. The molecule has 6 nitrogen and oxygen atoms in total. The average Bonchev–Trinajstić information content (AvgIpc) is 3.06. The van der Waals surface area contributed by atoms with Gasteiger partial charge in [-0.3, -0.25) is 9.78 Å². The standard InChI is InChI=1S/C22H26N4O2/c1-13(2)18-7-6-8-19(14(3)4)21(18)25-22(27)16-10-17(12-23-11-16)24-20-9-15(5)28-26-20/h6-14H,1-5H3,(H,24,26)(H,25,27). The highest BCUT2D eigenvalue weighted by Gasteiger charge is 2.17. The zero-order valence-electron chi connectivity index (χ0n) is 16.9. The van der Waals surface area contributed by atoms with Crippen LogP contribution in [0.25, 0.3) is 0 Å². The van der Waals surface area contributed by atoms with Gasteiger partial charge in [0.25, 0.3) is 5.91 Å². The summed E-state index contributed by atoms with van der Waals surface area (Å²) >= 11 is 0. The summed E-state index contributed by atoms with van der Waals surface area (Å²) < 4.78 is 5.05. The van der Waals surface area contributed by atoms with E-state index in [1.165, 1.54) is 0 Å². The van der Waals surface area contributed by atoms with Crippen molar-refractivity contribution in [1.29, 1.82) is 0 Å². The summed E-state index contributed by atoms with van der Waals surface area (Å²) in [7, 11) is 0. The second-order valence-electron chi connectivity index (χ2n) is 7.49. The number of pyridine rings is 1. The Hall–Kier alpha value is -3.15. The number of carbonyl (C=O) groups is 1. The molecule has 28 heavy (non-hydrogen) atoms. The third-order valence-corrected chi connectivity index (χ3v) is 4.51. The lowest BCUT2D eigenvalue weighted by atomic mass is 9.92. The third kappa shape index (κ3) is 4.39. The van der Waals surface area contributed by atoms with E-state index >= 15 is 0 Å². The first-order valence-electron chi connectivity index (χ1n) is 9.44. The van der Waals surface area contributed by atoms with E-state index in [-0.39, 0.29) is 5.91 Å². The number of aryl methyl sites for hydroxylation is 1. The minimum Gasteiger partial charge on any atom is -0.360 e. The Morgan fingerprint density at radius 2 is 1.71 bits per heavy atom. The van der Waals surface area contributed by atoms with Crippen LogP contribution in [0.15, 0.2) is 47.2 Å². The second-order valence-corrected chi connectivity index (χ2v) is 7.49. The lowest BCUT2D eigenvalue weighted by Gasteiger charge is -2.20. The maximum Gasteiger partial charge on any atom is 0.257 e. The fourth-order valence-electron chi connectivity index (χ4n) is 3.09. The van der Waals surface area contributed by atoms with Crippen molar-refractivity contribution in [2.75, 3.05) is 10.6 Å². The molecule has 2 N–H and O–H groups in total. The molecular formula is C22H26N4O2. The number of benzene rings is 1. The van der Waals surface area contributed by atoms with Gasteiger partial charge in [0.15, 0.2) is 5.82 Å². The van der Waals surface area contributed by atoms with Crippen LogP contribution >= 0.6 is 0 Å². The van der Waals surface area contributed by atoms with Gasteiger partial charge in [-0.15, -0.1) is 0 Å². The van der Waals surface area contributed by atoms with Crippen molar-refractivity contribution in [1.82, 2.24) is 10.1 Å². The van der Waals surface area contributed by atoms with Crippen LogP contribution < -0.4 is 10.6 Å². The van der Waals surface area contributed by atoms with Gasteiger partial charge in [-0.1, -0.05) is 51.1 Å². The Morgan fingerprint density at radius 1 is 1.04 bits per heavy atom. The van der Waals surface area contributed by atoms with Crippen LogP contribution in [0.2, 0.25) is 0 Å². The van der Waals surface area contributed by atoms with Gasteiger partial charge in [0.2, 0.25) is 0 Å². The molecule has 0 aliphatic rings. The Bertz CT molecular complexity index is 950. The van der Waals surface area contributed by atoms with Gasteiger partial charge in [-0.2, -0.15) is 0 Å². The summed E-state index contributed by atoms with van der Waals surface area (Å²) in [4.78, 5) is 17.1. The average molecular weight is 378 g/mol. The van der Waals surface area contributed by atoms with Crippen molar-refractivity contribution in [3.05, 3.63) is 65.2 Å². The molecule has 0 aliphatic carbocycles. The zero-order chi connectivity index (χ0) is 20.3. The Balaban J connectivity index is 1.87. The van der Waals surface area contributed by atoms with Gasteiger partial charge in [0, 0.05) is 18.0 Å². The summed E-state index contributed by atoms with van der Waals surface area (Å²) in [5.41, 5.74) is 4.28. The molecule has 0 saturated heterocycles. The topological polar surface area (TPSA) is 80.0 Å². The predicted octanol–water partition coefficient (Wildman–Crippen LogP) is 5.62. The molecule has 3 rings (SSSR count). The third-order valence-electron chi connectivity index (χ3n) is 4.51. The molecule has 0 fully saturated rings. The number of rotatable bonds is 6. The molecule has 0 spiro atoms. The normalized spacial score (nSPS) is 11.1. The molecule has 6 heteroatoms. The van der Waals surface area contributed by atoms with Crippen LogP contribution in [0.4, 0.5) is 17.2 Å². The summed E-state index contributed by atoms with van der Waals surface area (Å²) in [5, 5.41) is 10.1. The summed E-state index contributed by atoms with van der Waals surface area (Å²) in [6.45, 7) is 10.3. The number of hydrogen-bond donors (Lipinski definition) is 2. The minimum absolute atomic E-state index is 0.192. The Kier molecular flexibility index (Phi) is 5.78. The van der Waals surface area contributed by atoms with Gasteiger partial charge in [-0.05, 0) is 36.0 Å². The number of aromatic nitrogens is 2. The fourth-order valence-corrected chi connectivity index (χ4v) is 3.09. The molecular weight excluding hydrogens is 352 g/mol. The molecule has 1 aromatic carbocycles. The van der Waals surface area contributed by atoms with Gasteiger partial charge in [-0.25, -0.2) is 0 Å². The highest BCUT2D eigenvalue weighted by molar-refractivity contribution is 6.05. The minimum atomic E-state index is -0.192. The number of nitrogens with zero attached hydrogens (tertiary/aromatic N) is 2. The van der Waals surface area contributed by atoms with Crippen LogP contribution in [-0.2, 0) is 0 Å². The summed E-state index contributed by atoms with van der Waals surface area (Å²) in [6, 6.07) is 9.71. The molecule has 0 bridgehead atoms. The van der Waals surface area contributed by atoms with Crippen LogP contribution in [-0.4, -0.2) is 16.0 Å². The van der Waals surface area contributed by atoms with Crippen molar-refractivity contribution in [2.45, 2.75) is 46.5 Å². The van der Waals surface area contributed by atoms with Gasteiger partial charge >= 0.3 is 0 Å². The molecule has 3 aromatic rings. The van der Waals surface area contributed by atoms with E-state index < -0.39 is 0 Å². The SMILES string of the molecule is Cc1cc(Nc2cncc(C(=O)Nc3c(C(C)C)cccc3C(C)C)c2)no1.